The summed E-state index contributed by atoms with van der Waals surface area (Å²) in [5.74, 6) is 0.136. The number of thioether (sulfide) groups is 1. The molecule has 4 rings (SSSR count). The van der Waals surface area contributed by atoms with Gasteiger partial charge in [0, 0.05) is 57.4 Å². The molecule has 1 aliphatic rings. The SMILES string of the molecule is CCC(Sc1nc(C)c(Cc2ccccc2)c(=O)n1C)C(=O)N1CCN(Cc2ccccc2)CC1. The Kier molecular flexibility index (Phi) is 8.42. The van der Waals surface area contributed by atoms with Crippen molar-refractivity contribution in [2.75, 3.05) is 26.2 Å². The van der Waals surface area contributed by atoms with E-state index in [1.54, 1.807) is 11.6 Å². The Bertz CT molecular complexity index is 1190. The highest BCUT2D eigenvalue weighted by molar-refractivity contribution is 8.00. The number of hydrogen-bond donors (Lipinski definition) is 0. The van der Waals surface area contributed by atoms with Crippen molar-refractivity contribution in [2.24, 2.45) is 7.05 Å². The van der Waals surface area contributed by atoms with Crippen LogP contribution in [-0.2, 0) is 24.8 Å². The molecule has 1 amide bonds. The van der Waals surface area contributed by atoms with E-state index in [1.807, 2.05) is 55.1 Å². The average molecular weight is 491 g/mol. The van der Waals surface area contributed by atoms with Crippen molar-refractivity contribution in [1.29, 1.82) is 0 Å². The first-order chi connectivity index (χ1) is 17.0. The highest BCUT2D eigenvalue weighted by atomic mass is 32.2. The maximum absolute atomic E-state index is 13.4. The van der Waals surface area contributed by atoms with Gasteiger partial charge in [-0.25, -0.2) is 4.98 Å². The lowest BCUT2D eigenvalue weighted by Crippen LogP contribution is -2.50. The fourth-order valence-electron chi connectivity index (χ4n) is 4.45. The van der Waals surface area contributed by atoms with Gasteiger partial charge in [-0.3, -0.25) is 19.1 Å². The third kappa shape index (κ3) is 6.21. The lowest BCUT2D eigenvalue weighted by Gasteiger charge is -2.36. The van der Waals surface area contributed by atoms with Gasteiger partial charge in [0.05, 0.1) is 5.25 Å². The van der Waals surface area contributed by atoms with Gasteiger partial charge in [-0.1, -0.05) is 79.3 Å². The topological polar surface area (TPSA) is 58.4 Å². The number of carbonyl (C=O) groups excluding carboxylic acids is 1. The van der Waals surface area contributed by atoms with Crippen LogP contribution in [-0.4, -0.2) is 56.7 Å². The van der Waals surface area contributed by atoms with Crippen molar-refractivity contribution in [2.45, 2.75) is 43.6 Å². The Morgan fingerprint density at radius 3 is 2.17 bits per heavy atom. The van der Waals surface area contributed by atoms with Crippen LogP contribution in [0.4, 0.5) is 0 Å². The average Bonchev–Trinajstić information content (AvgIpc) is 2.89. The van der Waals surface area contributed by atoms with Crippen molar-refractivity contribution in [3.63, 3.8) is 0 Å². The Morgan fingerprint density at radius 1 is 0.971 bits per heavy atom. The molecule has 1 saturated heterocycles. The number of rotatable bonds is 8. The van der Waals surface area contributed by atoms with Gasteiger partial charge in [-0.2, -0.15) is 0 Å². The summed E-state index contributed by atoms with van der Waals surface area (Å²) in [5, 5.41) is 0.348. The molecule has 0 spiro atoms. The van der Waals surface area contributed by atoms with Crippen LogP contribution in [0.1, 0.15) is 35.7 Å². The molecule has 35 heavy (non-hydrogen) atoms. The van der Waals surface area contributed by atoms with Gasteiger partial charge in [0.2, 0.25) is 5.91 Å². The molecule has 1 aromatic heterocycles. The van der Waals surface area contributed by atoms with Crippen LogP contribution in [0.2, 0.25) is 0 Å². The van der Waals surface area contributed by atoms with Crippen LogP contribution >= 0.6 is 11.8 Å². The van der Waals surface area contributed by atoms with Crippen molar-refractivity contribution in [3.8, 4) is 0 Å². The van der Waals surface area contributed by atoms with Crippen molar-refractivity contribution in [3.05, 3.63) is 93.4 Å². The minimum Gasteiger partial charge on any atom is -0.339 e. The van der Waals surface area contributed by atoms with E-state index in [9.17, 15) is 9.59 Å². The quantitative estimate of drug-likeness (QED) is 0.354. The van der Waals surface area contributed by atoms with Crippen LogP contribution in [0.15, 0.2) is 70.6 Å². The minimum absolute atomic E-state index is 0.0410. The lowest BCUT2D eigenvalue weighted by atomic mass is 10.1. The molecule has 3 aromatic rings. The van der Waals surface area contributed by atoms with E-state index in [-0.39, 0.29) is 16.7 Å². The van der Waals surface area contributed by atoms with E-state index < -0.39 is 0 Å². The summed E-state index contributed by atoms with van der Waals surface area (Å²) in [4.78, 5) is 35.6. The van der Waals surface area contributed by atoms with E-state index >= 15 is 0 Å². The second-order valence-electron chi connectivity index (χ2n) is 9.09. The summed E-state index contributed by atoms with van der Waals surface area (Å²) in [6, 6.07) is 20.4. The molecule has 0 bridgehead atoms. The number of benzene rings is 2. The summed E-state index contributed by atoms with van der Waals surface area (Å²) in [7, 11) is 1.76. The molecule has 0 aliphatic carbocycles. The van der Waals surface area contributed by atoms with Gasteiger partial charge in [0.25, 0.3) is 5.56 Å². The number of hydrogen-bond acceptors (Lipinski definition) is 5. The smallest absolute Gasteiger partial charge is 0.257 e. The lowest BCUT2D eigenvalue weighted by molar-refractivity contribution is -0.132. The number of carbonyl (C=O) groups is 1. The van der Waals surface area contributed by atoms with Gasteiger partial charge >= 0.3 is 0 Å². The predicted molar refractivity (Wildman–Crippen MR) is 142 cm³/mol. The number of aryl methyl sites for hydroxylation is 1. The normalized spacial score (nSPS) is 15.2. The number of amides is 1. The van der Waals surface area contributed by atoms with Crippen LogP contribution in [0.3, 0.4) is 0 Å². The van der Waals surface area contributed by atoms with Crippen LogP contribution in [0, 0.1) is 6.92 Å². The summed E-state index contributed by atoms with van der Waals surface area (Å²) >= 11 is 1.41. The molecular formula is C28H34N4O2S. The fraction of sp³-hybridized carbons (Fsp3) is 0.393. The Labute approximate surface area is 212 Å². The predicted octanol–water partition coefficient (Wildman–Crippen LogP) is 3.89. The molecule has 184 valence electrons. The molecule has 1 atom stereocenters. The molecule has 7 heteroatoms. The molecular weight excluding hydrogens is 456 g/mol. The summed E-state index contributed by atoms with van der Waals surface area (Å²) in [5.41, 5.74) is 3.78. The van der Waals surface area contributed by atoms with E-state index in [2.05, 4.69) is 29.2 Å². The second kappa shape index (κ2) is 11.7. The zero-order valence-electron chi connectivity index (χ0n) is 20.8. The molecule has 2 heterocycles. The van der Waals surface area contributed by atoms with Gasteiger partial charge < -0.3 is 4.90 Å². The molecule has 1 unspecified atom stereocenters. The Balaban J connectivity index is 1.40. The maximum atomic E-state index is 13.4. The van der Waals surface area contributed by atoms with Crippen molar-refractivity contribution in [1.82, 2.24) is 19.4 Å². The molecule has 2 aromatic carbocycles. The van der Waals surface area contributed by atoms with E-state index in [1.165, 1.54) is 17.3 Å². The molecule has 0 saturated carbocycles. The zero-order valence-corrected chi connectivity index (χ0v) is 21.6. The summed E-state index contributed by atoms with van der Waals surface area (Å²) in [6.07, 6.45) is 1.25. The summed E-state index contributed by atoms with van der Waals surface area (Å²) in [6.45, 7) is 8.01. The Morgan fingerprint density at radius 2 is 1.57 bits per heavy atom. The van der Waals surface area contributed by atoms with Crippen LogP contribution in [0.25, 0.3) is 0 Å². The van der Waals surface area contributed by atoms with Gasteiger partial charge in [0.15, 0.2) is 5.16 Å². The monoisotopic (exact) mass is 490 g/mol. The number of aromatic nitrogens is 2. The highest BCUT2D eigenvalue weighted by Crippen LogP contribution is 2.26. The molecule has 1 fully saturated rings. The third-order valence-electron chi connectivity index (χ3n) is 6.60. The highest BCUT2D eigenvalue weighted by Gasteiger charge is 2.28. The largest absolute Gasteiger partial charge is 0.339 e. The zero-order chi connectivity index (χ0) is 24.8. The van der Waals surface area contributed by atoms with Crippen LogP contribution in [0.5, 0.6) is 0 Å². The van der Waals surface area contributed by atoms with Gasteiger partial charge in [0.1, 0.15) is 0 Å². The van der Waals surface area contributed by atoms with E-state index in [4.69, 9.17) is 4.98 Å². The second-order valence-corrected chi connectivity index (χ2v) is 10.3. The van der Waals surface area contributed by atoms with E-state index in [0.717, 1.165) is 44.0 Å². The Hall–Kier alpha value is -2.90. The fourth-order valence-corrected chi connectivity index (χ4v) is 5.55. The minimum atomic E-state index is -0.256. The molecule has 1 aliphatic heterocycles. The maximum Gasteiger partial charge on any atom is 0.257 e. The van der Waals surface area contributed by atoms with E-state index in [0.29, 0.717) is 23.6 Å². The number of nitrogens with zero attached hydrogens (tertiary/aromatic N) is 4. The molecule has 6 nitrogen and oxygen atoms in total. The first-order valence-electron chi connectivity index (χ1n) is 12.3. The number of piperazine rings is 1. The van der Waals surface area contributed by atoms with Gasteiger partial charge in [-0.05, 0) is 24.5 Å². The molecule has 0 radical (unpaired) electrons. The third-order valence-corrected chi connectivity index (χ3v) is 8.00. The van der Waals surface area contributed by atoms with Crippen LogP contribution < -0.4 is 5.56 Å². The van der Waals surface area contributed by atoms with Gasteiger partial charge in [-0.15, -0.1) is 0 Å². The van der Waals surface area contributed by atoms with Crippen molar-refractivity contribution >= 4 is 17.7 Å². The van der Waals surface area contributed by atoms with Crippen molar-refractivity contribution < 1.29 is 4.79 Å². The first-order valence-corrected chi connectivity index (χ1v) is 13.2. The standard InChI is InChI=1S/C28H34N4O2S/c1-4-25(27(34)32-17-15-31(16-18-32)20-23-13-9-6-10-14-23)35-28-29-21(2)24(26(33)30(28)3)19-22-11-7-5-8-12-22/h5-14,25H,4,15-20H2,1-3H3. The summed E-state index contributed by atoms with van der Waals surface area (Å²) < 4.78 is 1.60. The molecule has 0 N–H and O–H groups in total. The first kappa shape index (κ1) is 25.2.